The molecule has 1 aromatic carbocycles. The fourth-order valence-electron chi connectivity index (χ4n) is 2.58. The standard InChI is InChI=1S/C14H18N2O4/c1-10-9-12(3-4-13(10)16(18)19)15-7-5-11(6-8-15)14(17)20-2/h3-4,9,11H,5-8H2,1-2H3. The minimum atomic E-state index is -0.372. The third kappa shape index (κ3) is 2.89. The first-order valence-electron chi connectivity index (χ1n) is 6.60. The normalized spacial score (nSPS) is 16.0. The first kappa shape index (κ1) is 14.3. The molecule has 0 N–H and O–H groups in total. The van der Waals surface area contributed by atoms with Gasteiger partial charge in [0.15, 0.2) is 0 Å². The predicted octanol–water partition coefficient (Wildman–Crippen LogP) is 2.29. The topological polar surface area (TPSA) is 72.7 Å². The molecule has 2 rings (SSSR count). The van der Waals surface area contributed by atoms with Crippen molar-refractivity contribution in [1.29, 1.82) is 0 Å². The number of nitrogens with zero attached hydrogens (tertiary/aromatic N) is 2. The van der Waals surface area contributed by atoms with Gasteiger partial charge < -0.3 is 9.64 Å². The highest BCUT2D eigenvalue weighted by molar-refractivity contribution is 5.72. The van der Waals surface area contributed by atoms with Crippen molar-refractivity contribution in [3.8, 4) is 0 Å². The molecule has 0 bridgehead atoms. The zero-order valence-corrected chi connectivity index (χ0v) is 11.7. The van der Waals surface area contributed by atoms with Gasteiger partial charge in [0.05, 0.1) is 18.0 Å². The summed E-state index contributed by atoms with van der Waals surface area (Å²) in [6.07, 6.45) is 1.51. The first-order chi connectivity index (χ1) is 9.52. The van der Waals surface area contributed by atoms with E-state index in [9.17, 15) is 14.9 Å². The number of carbonyl (C=O) groups excluding carboxylic acids is 1. The van der Waals surface area contributed by atoms with Gasteiger partial charge in [0.1, 0.15) is 0 Å². The number of nitro benzene ring substituents is 1. The summed E-state index contributed by atoms with van der Waals surface area (Å²) in [5.74, 6) is -0.181. The van der Waals surface area contributed by atoms with Crippen LogP contribution in [0.1, 0.15) is 18.4 Å². The maximum atomic E-state index is 11.5. The Hall–Kier alpha value is -2.11. The van der Waals surface area contributed by atoms with Crippen LogP contribution in [0.25, 0.3) is 0 Å². The summed E-state index contributed by atoms with van der Waals surface area (Å²) in [5.41, 5.74) is 1.76. The Balaban J connectivity index is 2.06. The Morgan fingerprint density at radius 2 is 2.05 bits per heavy atom. The number of esters is 1. The molecule has 1 aliphatic heterocycles. The van der Waals surface area contributed by atoms with Gasteiger partial charge in [-0.1, -0.05) is 0 Å². The van der Waals surface area contributed by atoms with E-state index in [1.54, 1.807) is 13.0 Å². The number of aryl methyl sites for hydroxylation is 1. The van der Waals surface area contributed by atoms with E-state index in [2.05, 4.69) is 4.90 Å². The second-order valence-electron chi connectivity index (χ2n) is 5.01. The molecule has 0 aliphatic carbocycles. The van der Waals surface area contributed by atoms with Crippen LogP contribution in [0.3, 0.4) is 0 Å². The summed E-state index contributed by atoms with van der Waals surface area (Å²) in [7, 11) is 1.41. The zero-order valence-electron chi connectivity index (χ0n) is 11.7. The van der Waals surface area contributed by atoms with Gasteiger partial charge in [-0.25, -0.2) is 0 Å². The Kier molecular flexibility index (Phi) is 4.22. The lowest BCUT2D eigenvalue weighted by Gasteiger charge is -2.32. The van der Waals surface area contributed by atoms with E-state index in [0.717, 1.165) is 31.6 Å². The average Bonchev–Trinajstić information content (AvgIpc) is 2.46. The minimum Gasteiger partial charge on any atom is -0.469 e. The third-order valence-corrected chi connectivity index (χ3v) is 3.77. The SMILES string of the molecule is COC(=O)C1CCN(c2ccc([N+](=O)[O-])c(C)c2)CC1. The molecule has 0 saturated carbocycles. The smallest absolute Gasteiger partial charge is 0.308 e. The van der Waals surface area contributed by atoms with Crippen molar-refractivity contribution in [3.63, 3.8) is 0 Å². The molecular formula is C14H18N2O4. The number of rotatable bonds is 3. The van der Waals surface area contributed by atoms with E-state index in [1.807, 2.05) is 6.07 Å². The number of benzene rings is 1. The largest absolute Gasteiger partial charge is 0.469 e. The number of nitro groups is 1. The number of hydrogen-bond acceptors (Lipinski definition) is 5. The van der Waals surface area contributed by atoms with Crippen molar-refractivity contribution < 1.29 is 14.5 Å². The van der Waals surface area contributed by atoms with Crippen LogP contribution in [-0.4, -0.2) is 31.1 Å². The van der Waals surface area contributed by atoms with Gasteiger partial charge in [-0.2, -0.15) is 0 Å². The molecule has 0 unspecified atom stereocenters. The minimum absolute atomic E-state index is 0.0320. The van der Waals surface area contributed by atoms with Crippen molar-refractivity contribution >= 4 is 17.3 Å². The molecule has 0 amide bonds. The molecule has 1 fully saturated rings. The van der Waals surface area contributed by atoms with Crippen LogP contribution < -0.4 is 4.90 Å². The van der Waals surface area contributed by atoms with E-state index in [4.69, 9.17) is 4.74 Å². The molecule has 1 saturated heterocycles. The van der Waals surface area contributed by atoms with E-state index in [-0.39, 0.29) is 22.5 Å². The molecule has 1 heterocycles. The lowest BCUT2D eigenvalue weighted by atomic mass is 9.96. The van der Waals surface area contributed by atoms with Gasteiger partial charge in [-0.05, 0) is 31.9 Å². The van der Waals surface area contributed by atoms with Gasteiger partial charge in [0, 0.05) is 30.4 Å². The lowest BCUT2D eigenvalue weighted by molar-refractivity contribution is -0.385. The molecular weight excluding hydrogens is 260 g/mol. The maximum absolute atomic E-state index is 11.5. The number of ether oxygens (including phenoxy) is 1. The van der Waals surface area contributed by atoms with Crippen LogP contribution in [0, 0.1) is 23.0 Å². The highest BCUT2D eigenvalue weighted by Gasteiger charge is 2.26. The first-order valence-corrected chi connectivity index (χ1v) is 6.60. The summed E-state index contributed by atoms with van der Waals surface area (Å²) >= 11 is 0. The summed E-state index contributed by atoms with van der Waals surface area (Å²) in [6.45, 7) is 3.26. The van der Waals surface area contributed by atoms with Gasteiger partial charge in [-0.3, -0.25) is 14.9 Å². The average molecular weight is 278 g/mol. The van der Waals surface area contributed by atoms with E-state index in [0.29, 0.717) is 5.56 Å². The summed E-state index contributed by atoms with van der Waals surface area (Å²) in [5, 5.41) is 10.8. The number of carbonyl (C=O) groups is 1. The molecule has 6 nitrogen and oxygen atoms in total. The molecule has 20 heavy (non-hydrogen) atoms. The van der Waals surface area contributed by atoms with Crippen LogP contribution >= 0.6 is 0 Å². The Labute approximate surface area is 117 Å². The molecule has 1 aromatic rings. The second kappa shape index (κ2) is 5.90. The maximum Gasteiger partial charge on any atom is 0.308 e. The van der Waals surface area contributed by atoms with Crippen molar-refractivity contribution in [2.45, 2.75) is 19.8 Å². The van der Waals surface area contributed by atoms with Gasteiger partial charge in [0.2, 0.25) is 0 Å². The highest BCUT2D eigenvalue weighted by Crippen LogP contribution is 2.28. The molecule has 108 valence electrons. The van der Waals surface area contributed by atoms with Crippen molar-refractivity contribution in [1.82, 2.24) is 0 Å². The molecule has 6 heteroatoms. The van der Waals surface area contributed by atoms with E-state index < -0.39 is 0 Å². The summed E-state index contributed by atoms with van der Waals surface area (Å²) < 4.78 is 4.76. The van der Waals surface area contributed by atoms with Gasteiger partial charge in [0.25, 0.3) is 5.69 Å². The second-order valence-corrected chi connectivity index (χ2v) is 5.01. The Morgan fingerprint density at radius 1 is 1.40 bits per heavy atom. The number of piperidine rings is 1. The van der Waals surface area contributed by atoms with Crippen LogP contribution in [0.5, 0.6) is 0 Å². The van der Waals surface area contributed by atoms with Crippen molar-refractivity contribution in [2.24, 2.45) is 5.92 Å². The number of methoxy groups -OCH3 is 1. The van der Waals surface area contributed by atoms with Gasteiger partial charge in [-0.15, -0.1) is 0 Å². The monoisotopic (exact) mass is 278 g/mol. The summed E-state index contributed by atoms with van der Waals surface area (Å²) in [4.78, 5) is 24.0. The predicted molar refractivity (Wildman–Crippen MR) is 74.8 cm³/mol. The summed E-state index contributed by atoms with van der Waals surface area (Å²) in [6, 6.07) is 5.14. The number of anilines is 1. The van der Waals surface area contributed by atoms with Crippen LogP contribution in [0.15, 0.2) is 18.2 Å². The highest BCUT2D eigenvalue weighted by atomic mass is 16.6. The van der Waals surface area contributed by atoms with Crippen molar-refractivity contribution in [2.75, 3.05) is 25.1 Å². The van der Waals surface area contributed by atoms with Crippen molar-refractivity contribution in [3.05, 3.63) is 33.9 Å². The molecule has 0 atom stereocenters. The van der Waals surface area contributed by atoms with E-state index in [1.165, 1.54) is 13.2 Å². The third-order valence-electron chi connectivity index (χ3n) is 3.77. The Bertz CT molecular complexity index is 522. The Morgan fingerprint density at radius 3 is 2.55 bits per heavy atom. The van der Waals surface area contributed by atoms with Crippen LogP contribution in [0.2, 0.25) is 0 Å². The van der Waals surface area contributed by atoms with Gasteiger partial charge >= 0.3 is 5.97 Å². The fourth-order valence-corrected chi connectivity index (χ4v) is 2.58. The van der Waals surface area contributed by atoms with Crippen LogP contribution in [0.4, 0.5) is 11.4 Å². The quantitative estimate of drug-likeness (QED) is 0.482. The zero-order chi connectivity index (χ0) is 14.7. The molecule has 0 radical (unpaired) electrons. The van der Waals surface area contributed by atoms with Crippen LogP contribution in [-0.2, 0) is 9.53 Å². The molecule has 1 aliphatic rings. The lowest BCUT2D eigenvalue weighted by Crippen LogP contribution is -2.36. The number of hydrogen-bond donors (Lipinski definition) is 0. The fraction of sp³-hybridized carbons (Fsp3) is 0.500. The molecule has 0 spiro atoms. The van der Waals surface area contributed by atoms with E-state index >= 15 is 0 Å². The molecule has 0 aromatic heterocycles.